The molecule has 0 unspecified atom stereocenters. The number of halogens is 1. The molecule has 1 amide bonds. The van der Waals surface area contributed by atoms with E-state index in [1.54, 1.807) is 12.1 Å². The lowest BCUT2D eigenvalue weighted by Gasteiger charge is -2.31. The van der Waals surface area contributed by atoms with E-state index in [2.05, 4.69) is 31.4 Å². The van der Waals surface area contributed by atoms with Crippen LogP contribution in [-0.4, -0.2) is 18.0 Å². The first-order valence-electron chi connectivity index (χ1n) is 6.85. The minimum Gasteiger partial charge on any atom is -0.325 e. The van der Waals surface area contributed by atoms with Gasteiger partial charge in [0.15, 0.2) is 0 Å². The molecular formula is C15H23ClN2O. The first kappa shape index (κ1) is 16.0. The zero-order chi connectivity index (χ0) is 14.3. The summed E-state index contributed by atoms with van der Waals surface area (Å²) in [5.74, 6) is -0.0398. The van der Waals surface area contributed by atoms with E-state index < -0.39 is 0 Å². The molecule has 19 heavy (non-hydrogen) atoms. The molecule has 1 aromatic carbocycles. The molecule has 0 aliphatic carbocycles. The van der Waals surface area contributed by atoms with E-state index in [1.807, 2.05) is 12.1 Å². The summed E-state index contributed by atoms with van der Waals surface area (Å²) in [5, 5.41) is 6.83. The molecule has 0 saturated heterocycles. The van der Waals surface area contributed by atoms with Gasteiger partial charge in [0.2, 0.25) is 5.91 Å². The molecule has 106 valence electrons. The van der Waals surface area contributed by atoms with E-state index in [0.29, 0.717) is 11.6 Å². The number of anilines is 1. The third kappa shape index (κ3) is 4.84. The van der Waals surface area contributed by atoms with Crippen LogP contribution in [0.2, 0.25) is 5.02 Å². The van der Waals surface area contributed by atoms with Crippen LogP contribution in [0.1, 0.15) is 40.0 Å². The van der Waals surface area contributed by atoms with Crippen LogP contribution < -0.4 is 10.6 Å². The Morgan fingerprint density at radius 2 is 1.84 bits per heavy atom. The van der Waals surface area contributed by atoms with Crippen LogP contribution >= 0.6 is 11.6 Å². The lowest BCUT2D eigenvalue weighted by molar-refractivity contribution is -0.115. The third-order valence-corrected chi connectivity index (χ3v) is 4.00. The van der Waals surface area contributed by atoms with Crippen molar-refractivity contribution in [1.82, 2.24) is 5.32 Å². The minimum atomic E-state index is -0.0398. The van der Waals surface area contributed by atoms with Gasteiger partial charge in [0, 0.05) is 16.2 Å². The second kappa shape index (κ2) is 7.51. The lowest BCUT2D eigenvalue weighted by atomic mass is 9.90. The average molecular weight is 283 g/mol. The van der Waals surface area contributed by atoms with Crippen LogP contribution in [0.15, 0.2) is 24.3 Å². The summed E-state index contributed by atoms with van der Waals surface area (Å²) < 4.78 is 0. The monoisotopic (exact) mass is 282 g/mol. The van der Waals surface area contributed by atoms with Crippen LogP contribution in [0.4, 0.5) is 5.69 Å². The van der Waals surface area contributed by atoms with Gasteiger partial charge >= 0.3 is 0 Å². The van der Waals surface area contributed by atoms with Crippen LogP contribution in [0.3, 0.4) is 0 Å². The number of hydrogen-bond donors (Lipinski definition) is 2. The highest BCUT2D eigenvalue weighted by atomic mass is 35.5. The van der Waals surface area contributed by atoms with Crippen molar-refractivity contribution in [2.45, 2.75) is 45.6 Å². The zero-order valence-electron chi connectivity index (χ0n) is 11.9. The van der Waals surface area contributed by atoms with Crippen molar-refractivity contribution in [2.24, 2.45) is 0 Å². The van der Waals surface area contributed by atoms with Gasteiger partial charge in [-0.15, -0.1) is 0 Å². The van der Waals surface area contributed by atoms with Crippen molar-refractivity contribution in [1.29, 1.82) is 0 Å². The quantitative estimate of drug-likeness (QED) is 0.798. The molecule has 3 nitrogen and oxygen atoms in total. The van der Waals surface area contributed by atoms with E-state index in [9.17, 15) is 4.79 Å². The van der Waals surface area contributed by atoms with E-state index in [4.69, 9.17) is 11.6 Å². The first-order chi connectivity index (χ1) is 9.05. The fourth-order valence-corrected chi connectivity index (χ4v) is 2.35. The van der Waals surface area contributed by atoms with Gasteiger partial charge in [-0.05, 0) is 37.5 Å². The van der Waals surface area contributed by atoms with Gasteiger partial charge in [-0.25, -0.2) is 0 Å². The second-order valence-corrected chi connectivity index (χ2v) is 5.19. The summed E-state index contributed by atoms with van der Waals surface area (Å²) in [6, 6.07) is 7.17. The van der Waals surface area contributed by atoms with Crippen LogP contribution in [0.5, 0.6) is 0 Å². The molecule has 0 heterocycles. The lowest BCUT2D eigenvalue weighted by Crippen LogP contribution is -2.47. The maximum absolute atomic E-state index is 11.9. The maximum atomic E-state index is 11.9. The number of carbonyl (C=O) groups is 1. The largest absolute Gasteiger partial charge is 0.325 e. The van der Waals surface area contributed by atoms with Crippen molar-refractivity contribution >= 4 is 23.2 Å². The number of amides is 1. The summed E-state index contributed by atoms with van der Waals surface area (Å²) in [5.41, 5.74) is 0.792. The fraction of sp³-hybridized carbons (Fsp3) is 0.533. The van der Waals surface area contributed by atoms with E-state index in [1.165, 1.54) is 0 Å². The average Bonchev–Trinajstić information content (AvgIpc) is 2.41. The minimum absolute atomic E-state index is 0.0398. The van der Waals surface area contributed by atoms with E-state index in [0.717, 1.165) is 24.9 Å². The fourth-order valence-electron chi connectivity index (χ4n) is 2.16. The Morgan fingerprint density at radius 1 is 1.21 bits per heavy atom. The SMILES string of the molecule is CCC(CC)(CC)NCC(=O)Nc1cccc(Cl)c1. The summed E-state index contributed by atoms with van der Waals surface area (Å²) in [6.07, 6.45) is 3.05. The molecule has 0 saturated carbocycles. The molecule has 0 radical (unpaired) electrons. The molecule has 0 aliphatic heterocycles. The Morgan fingerprint density at radius 3 is 2.37 bits per heavy atom. The molecule has 0 aliphatic rings. The Bertz CT molecular complexity index is 408. The van der Waals surface area contributed by atoms with Gasteiger partial charge in [-0.3, -0.25) is 4.79 Å². The zero-order valence-corrected chi connectivity index (χ0v) is 12.7. The van der Waals surface area contributed by atoms with E-state index in [-0.39, 0.29) is 11.4 Å². The number of benzene rings is 1. The highest BCUT2D eigenvalue weighted by Gasteiger charge is 2.23. The van der Waals surface area contributed by atoms with Gasteiger partial charge < -0.3 is 10.6 Å². The van der Waals surface area contributed by atoms with Crippen LogP contribution in [-0.2, 0) is 4.79 Å². The standard InChI is InChI=1S/C15H23ClN2O/c1-4-15(5-2,6-3)17-11-14(19)18-13-9-7-8-12(16)10-13/h7-10,17H,4-6,11H2,1-3H3,(H,18,19). The highest BCUT2D eigenvalue weighted by molar-refractivity contribution is 6.30. The molecule has 0 spiro atoms. The van der Waals surface area contributed by atoms with Gasteiger partial charge in [-0.2, -0.15) is 0 Å². The van der Waals surface area contributed by atoms with Crippen molar-refractivity contribution in [3.8, 4) is 0 Å². The van der Waals surface area contributed by atoms with Crippen LogP contribution in [0, 0.1) is 0 Å². The van der Waals surface area contributed by atoms with Crippen LogP contribution in [0.25, 0.3) is 0 Å². The van der Waals surface area contributed by atoms with Crippen molar-refractivity contribution in [3.05, 3.63) is 29.3 Å². The molecular weight excluding hydrogens is 260 g/mol. The molecule has 0 aromatic heterocycles. The van der Waals surface area contributed by atoms with Gasteiger partial charge in [0.05, 0.1) is 6.54 Å². The topological polar surface area (TPSA) is 41.1 Å². The Balaban J connectivity index is 2.52. The number of carbonyl (C=O) groups excluding carboxylic acids is 1. The highest BCUT2D eigenvalue weighted by Crippen LogP contribution is 2.19. The molecule has 1 rings (SSSR count). The number of hydrogen-bond acceptors (Lipinski definition) is 2. The second-order valence-electron chi connectivity index (χ2n) is 4.75. The molecule has 0 fully saturated rings. The van der Waals surface area contributed by atoms with Crippen molar-refractivity contribution < 1.29 is 4.79 Å². The maximum Gasteiger partial charge on any atom is 0.238 e. The predicted molar refractivity (Wildman–Crippen MR) is 81.7 cm³/mol. The summed E-state index contributed by atoms with van der Waals surface area (Å²) >= 11 is 5.88. The summed E-state index contributed by atoms with van der Waals surface area (Å²) in [6.45, 7) is 6.76. The number of rotatable bonds is 7. The summed E-state index contributed by atoms with van der Waals surface area (Å²) in [7, 11) is 0. The third-order valence-electron chi connectivity index (χ3n) is 3.76. The van der Waals surface area contributed by atoms with Gasteiger partial charge in [0.25, 0.3) is 0 Å². The van der Waals surface area contributed by atoms with Gasteiger partial charge in [0.1, 0.15) is 0 Å². The predicted octanol–water partition coefficient (Wildman–Crippen LogP) is 3.84. The molecule has 0 bridgehead atoms. The van der Waals surface area contributed by atoms with Gasteiger partial charge in [-0.1, -0.05) is 38.4 Å². The van der Waals surface area contributed by atoms with Crippen molar-refractivity contribution in [2.75, 3.05) is 11.9 Å². The smallest absolute Gasteiger partial charge is 0.238 e. The normalized spacial score (nSPS) is 11.4. The van der Waals surface area contributed by atoms with E-state index >= 15 is 0 Å². The molecule has 0 atom stereocenters. The summed E-state index contributed by atoms with van der Waals surface area (Å²) in [4.78, 5) is 11.9. The first-order valence-corrected chi connectivity index (χ1v) is 7.23. The number of nitrogens with one attached hydrogen (secondary N) is 2. The Labute approximate surface area is 120 Å². The molecule has 4 heteroatoms. The Kier molecular flexibility index (Phi) is 6.32. The molecule has 2 N–H and O–H groups in total. The van der Waals surface area contributed by atoms with Crippen molar-refractivity contribution in [3.63, 3.8) is 0 Å². The molecule has 1 aromatic rings. The Hall–Kier alpha value is -1.06.